The van der Waals surface area contributed by atoms with Crippen molar-refractivity contribution in [2.24, 2.45) is 0 Å². The van der Waals surface area contributed by atoms with E-state index in [0.29, 0.717) is 11.1 Å². The predicted octanol–water partition coefficient (Wildman–Crippen LogP) is 13.1. The molecule has 0 bridgehead atoms. The van der Waals surface area contributed by atoms with Gasteiger partial charge in [-0.25, -0.2) is 0 Å². The fourth-order valence-electron chi connectivity index (χ4n) is 6.83. The average molecular weight is 761 g/mol. The molecular formula is C50H44N4SSi. The molecule has 0 unspecified atom stereocenters. The zero-order chi connectivity index (χ0) is 39.1. The number of nitriles is 2. The molecule has 6 heteroatoms. The molecule has 7 aromatic carbocycles. The zero-order valence-electron chi connectivity index (χ0n) is 32.3. The highest BCUT2D eigenvalue weighted by Crippen LogP contribution is 2.37. The lowest BCUT2D eigenvalue weighted by Gasteiger charge is -2.27. The summed E-state index contributed by atoms with van der Waals surface area (Å²) in [5.74, 6) is 1.10. The van der Waals surface area contributed by atoms with Crippen molar-refractivity contribution in [3.8, 4) is 12.1 Å². The molecule has 274 valence electrons. The van der Waals surface area contributed by atoms with E-state index in [0.717, 1.165) is 68.2 Å². The lowest BCUT2D eigenvalue weighted by Crippen LogP contribution is -2.37. The Morgan fingerprint density at radius 1 is 0.500 bits per heavy atom. The van der Waals surface area contributed by atoms with Gasteiger partial charge in [0, 0.05) is 34.1 Å². The molecule has 0 aliphatic heterocycles. The normalized spacial score (nSPS) is 11.3. The van der Waals surface area contributed by atoms with Crippen molar-refractivity contribution in [2.45, 2.75) is 26.1 Å². The topological polar surface area (TPSA) is 54.1 Å². The van der Waals surface area contributed by atoms with Crippen LogP contribution < -0.4 is 15.0 Å². The third-order valence-corrected chi connectivity index (χ3v) is 12.7. The van der Waals surface area contributed by atoms with Crippen LogP contribution in [0.4, 0.5) is 34.1 Å². The molecule has 0 radical (unpaired) electrons. The van der Waals surface area contributed by atoms with Crippen LogP contribution in [0.15, 0.2) is 158 Å². The van der Waals surface area contributed by atoms with Crippen molar-refractivity contribution < 1.29 is 0 Å². The quantitative estimate of drug-likeness (QED) is 0.0917. The number of rotatable bonds is 12. The molecule has 0 spiro atoms. The summed E-state index contributed by atoms with van der Waals surface area (Å²) >= 11 is 1.86. The highest BCUT2D eigenvalue weighted by atomic mass is 32.2. The summed E-state index contributed by atoms with van der Waals surface area (Å²) in [5, 5.41) is 22.6. The van der Waals surface area contributed by atoms with Gasteiger partial charge in [0.25, 0.3) is 0 Å². The van der Waals surface area contributed by atoms with Crippen molar-refractivity contribution in [1.82, 2.24) is 0 Å². The Morgan fingerprint density at radius 3 is 1.43 bits per heavy atom. The van der Waals surface area contributed by atoms with Crippen molar-refractivity contribution in [2.75, 3.05) is 21.8 Å². The van der Waals surface area contributed by atoms with Gasteiger partial charge in [-0.15, -0.1) is 0 Å². The molecule has 7 rings (SSSR count). The number of benzene rings is 7. The number of fused-ring (bicyclic) bond motifs is 1. The second-order valence-electron chi connectivity index (χ2n) is 14.9. The van der Waals surface area contributed by atoms with E-state index in [9.17, 15) is 10.5 Å². The van der Waals surface area contributed by atoms with E-state index in [2.05, 4.69) is 169 Å². The van der Waals surface area contributed by atoms with E-state index >= 15 is 0 Å². The molecule has 0 N–H and O–H groups in total. The monoisotopic (exact) mass is 760 g/mol. The summed E-state index contributed by atoms with van der Waals surface area (Å²) in [6.07, 6.45) is 7.50. The molecule has 7 aromatic rings. The number of anilines is 6. The first-order valence-electron chi connectivity index (χ1n) is 18.8. The summed E-state index contributed by atoms with van der Waals surface area (Å²) < 4.78 is 0. The molecule has 0 atom stereocenters. The summed E-state index contributed by atoms with van der Waals surface area (Å²) in [4.78, 5) is 4.49. The molecule has 0 fully saturated rings. The lowest BCUT2D eigenvalue weighted by atomic mass is 10.0. The first-order chi connectivity index (χ1) is 27.2. The average Bonchev–Trinajstić information content (AvgIpc) is 3.23. The van der Waals surface area contributed by atoms with Crippen molar-refractivity contribution >= 4 is 82.1 Å². The van der Waals surface area contributed by atoms with Gasteiger partial charge in [0.05, 0.1) is 31.3 Å². The summed E-state index contributed by atoms with van der Waals surface area (Å²) in [6, 6.07) is 59.6. The van der Waals surface area contributed by atoms with Gasteiger partial charge in [-0.2, -0.15) is 22.3 Å². The van der Waals surface area contributed by atoms with Crippen LogP contribution in [-0.2, 0) is 6.42 Å². The smallest absolute Gasteiger partial charge is 0.0991 e. The SMILES string of the molecule is CSCCc1ccc(N(c2ccc(C#N)cc2)c2ccc(/C=C/c3ccc4cc(N(c5ccc(C#N)cc5)c5ccc([Si](C)(C)C)cc5)ccc4c3)cc2)cc1. The van der Waals surface area contributed by atoms with E-state index in [1.165, 1.54) is 10.8 Å². The minimum absolute atomic E-state index is 0.642. The minimum atomic E-state index is -1.44. The van der Waals surface area contributed by atoms with Gasteiger partial charge in [0.1, 0.15) is 0 Å². The summed E-state index contributed by atoms with van der Waals surface area (Å²) in [6.45, 7) is 7.10. The van der Waals surface area contributed by atoms with Crippen molar-refractivity contribution in [3.05, 3.63) is 186 Å². The Kier molecular flexibility index (Phi) is 11.5. The molecule has 56 heavy (non-hydrogen) atoms. The van der Waals surface area contributed by atoms with Gasteiger partial charge in [0.2, 0.25) is 0 Å². The third-order valence-electron chi connectivity index (χ3n) is 10.0. The minimum Gasteiger partial charge on any atom is -0.311 e. The van der Waals surface area contributed by atoms with Crippen LogP contribution in [0.5, 0.6) is 0 Å². The molecular weight excluding hydrogens is 717 g/mol. The van der Waals surface area contributed by atoms with Gasteiger partial charge in [-0.05, 0) is 149 Å². The standard InChI is InChI=1S/C50H44N4SSi/c1-55-32-31-38-10-20-45(21-11-38)53(46-22-12-40(35-51)13-23-46)44-18-8-37(9-19-44)5-6-39-7-16-43-34-49(26-17-42(43)33-39)54(47-24-14-41(36-52)15-25-47)48-27-29-50(30-28-48)56(2,3)4/h5-30,33-34H,31-32H2,1-4H3/b6-5+. The molecule has 0 aromatic heterocycles. The van der Waals surface area contributed by atoms with Crippen LogP contribution in [0.1, 0.15) is 27.8 Å². The molecule has 0 aliphatic carbocycles. The van der Waals surface area contributed by atoms with Crippen molar-refractivity contribution in [1.29, 1.82) is 10.5 Å². The van der Waals surface area contributed by atoms with Crippen molar-refractivity contribution in [3.63, 3.8) is 0 Å². The number of hydrogen-bond acceptors (Lipinski definition) is 5. The Labute approximate surface area is 336 Å². The molecule has 0 aliphatic rings. The van der Waals surface area contributed by atoms with E-state index in [1.54, 1.807) is 0 Å². The maximum Gasteiger partial charge on any atom is 0.0991 e. The van der Waals surface area contributed by atoms with Crippen LogP contribution in [0.2, 0.25) is 19.6 Å². The highest BCUT2D eigenvalue weighted by Gasteiger charge is 2.19. The van der Waals surface area contributed by atoms with Gasteiger partial charge in [-0.1, -0.05) is 91.6 Å². The highest BCUT2D eigenvalue weighted by molar-refractivity contribution is 7.98. The van der Waals surface area contributed by atoms with E-state index in [-0.39, 0.29) is 0 Å². The molecule has 0 saturated heterocycles. The molecule has 0 saturated carbocycles. The van der Waals surface area contributed by atoms with Crippen LogP contribution in [0.25, 0.3) is 22.9 Å². The van der Waals surface area contributed by atoms with Crippen LogP contribution >= 0.6 is 11.8 Å². The molecule has 0 amide bonds. The number of nitrogens with zero attached hydrogens (tertiary/aromatic N) is 4. The zero-order valence-corrected chi connectivity index (χ0v) is 34.1. The Bertz CT molecular complexity index is 2540. The Balaban J connectivity index is 1.13. The molecule has 0 heterocycles. The lowest BCUT2D eigenvalue weighted by molar-refractivity contribution is 1.15. The van der Waals surface area contributed by atoms with Gasteiger partial charge < -0.3 is 9.80 Å². The summed E-state index contributed by atoms with van der Waals surface area (Å²) in [7, 11) is -1.44. The van der Waals surface area contributed by atoms with E-state index in [1.807, 2.05) is 60.3 Å². The third kappa shape index (κ3) is 8.80. The van der Waals surface area contributed by atoms with Crippen LogP contribution in [0.3, 0.4) is 0 Å². The largest absolute Gasteiger partial charge is 0.311 e. The predicted molar refractivity (Wildman–Crippen MR) is 243 cm³/mol. The maximum absolute atomic E-state index is 9.43. The second-order valence-corrected chi connectivity index (χ2v) is 21.0. The Hall–Kier alpha value is -6.31. The van der Waals surface area contributed by atoms with E-state index < -0.39 is 8.07 Å². The molecule has 4 nitrogen and oxygen atoms in total. The number of thioether (sulfide) groups is 1. The summed E-state index contributed by atoms with van der Waals surface area (Å²) in [5.41, 5.74) is 11.1. The first kappa shape index (κ1) is 38.0. The second kappa shape index (κ2) is 17.0. The fourth-order valence-corrected chi connectivity index (χ4v) is 8.43. The first-order valence-corrected chi connectivity index (χ1v) is 23.7. The Morgan fingerprint density at radius 2 is 0.911 bits per heavy atom. The van der Waals surface area contributed by atoms with E-state index in [4.69, 9.17) is 0 Å². The van der Waals surface area contributed by atoms with Gasteiger partial charge >= 0.3 is 0 Å². The number of hydrogen-bond donors (Lipinski definition) is 0. The van der Waals surface area contributed by atoms with Gasteiger partial charge in [-0.3, -0.25) is 0 Å². The van der Waals surface area contributed by atoms with Crippen LogP contribution in [0, 0.1) is 22.7 Å². The van der Waals surface area contributed by atoms with Gasteiger partial charge in [0.15, 0.2) is 0 Å². The maximum atomic E-state index is 9.43. The fraction of sp³-hybridized carbons (Fsp3) is 0.120. The van der Waals surface area contributed by atoms with Crippen LogP contribution in [-0.4, -0.2) is 20.1 Å². The number of aryl methyl sites for hydroxylation is 1.